The highest BCUT2D eigenvalue weighted by Crippen LogP contribution is 2.20. The summed E-state index contributed by atoms with van der Waals surface area (Å²) in [7, 11) is 0. The molecule has 28 heavy (non-hydrogen) atoms. The molecule has 1 amide bonds. The van der Waals surface area contributed by atoms with Crippen LogP contribution in [0.5, 0.6) is 0 Å². The van der Waals surface area contributed by atoms with E-state index in [0.717, 1.165) is 20.9 Å². The molecule has 0 aliphatic rings. The number of aryl methyl sites for hydroxylation is 1. The van der Waals surface area contributed by atoms with Gasteiger partial charge in [0.25, 0.3) is 5.56 Å². The lowest BCUT2D eigenvalue weighted by atomic mass is 10.0. The van der Waals surface area contributed by atoms with Crippen LogP contribution in [-0.4, -0.2) is 15.0 Å². The smallest absolute Gasteiger partial charge is 0.331 e. The summed E-state index contributed by atoms with van der Waals surface area (Å²) in [5.41, 5.74) is -0.626. The quantitative estimate of drug-likeness (QED) is 0.736. The second-order valence-corrected chi connectivity index (χ2v) is 6.51. The Morgan fingerprint density at radius 1 is 1.18 bits per heavy atom. The third kappa shape index (κ3) is 3.71. The van der Waals surface area contributed by atoms with Gasteiger partial charge in [0.1, 0.15) is 18.2 Å². The van der Waals surface area contributed by atoms with Crippen molar-refractivity contribution in [3.63, 3.8) is 0 Å². The Morgan fingerprint density at radius 2 is 1.89 bits per heavy atom. The van der Waals surface area contributed by atoms with Crippen LogP contribution < -0.4 is 16.6 Å². The zero-order valence-electron chi connectivity index (χ0n) is 15.7. The number of rotatable bonds is 5. The second-order valence-electron chi connectivity index (χ2n) is 6.51. The minimum absolute atomic E-state index is 0.170. The van der Waals surface area contributed by atoms with Gasteiger partial charge in [-0.2, -0.15) is 5.26 Å². The summed E-state index contributed by atoms with van der Waals surface area (Å²) in [6.45, 7) is 3.41. The van der Waals surface area contributed by atoms with Gasteiger partial charge in [-0.15, -0.1) is 0 Å². The van der Waals surface area contributed by atoms with Gasteiger partial charge >= 0.3 is 5.69 Å². The molecule has 0 saturated heterocycles. The van der Waals surface area contributed by atoms with E-state index in [1.807, 2.05) is 49.4 Å². The van der Waals surface area contributed by atoms with Crippen molar-refractivity contribution >= 4 is 16.7 Å². The van der Waals surface area contributed by atoms with E-state index in [4.69, 9.17) is 5.26 Å². The van der Waals surface area contributed by atoms with Crippen LogP contribution >= 0.6 is 0 Å². The fraction of sp³-hybridized carbons (Fsp3) is 0.238. The highest BCUT2D eigenvalue weighted by molar-refractivity contribution is 5.83. The van der Waals surface area contributed by atoms with Gasteiger partial charge in [-0.25, -0.2) is 9.36 Å². The Kier molecular flexibility index (Phi) is 5.41. The van der Waals surface area contributed by atoms with E-state index in [0.29, 0.717) is 6.54 Å². The molecule has 1 aromatic heterocycles. The van der Waals surface area contributed by atoms with Crippen molar-refractivity contribution in [2.24, 2.45) is 0 Å². The predicted molar refractivity (Wildman–Crippen MR) is 106 cm³/mol. The summed E-state index contributed by atoms with van der Waals surface area (Å²) < 4.78 is 2.03. The lowest BCUT2D eigenvalue weighted by Crippen LogP contribution is -2.44. The average molecular weight is 376 g/mol. The highest BCUT2D eigenvalue weighted by atomic mass is 16.2. The molecule has 0 fully saturated rings. The average Bonchev–Trinajstić information content (AvgIpc) is 2.71. The number of hydrogen-bond donors (Lipinski definition) is 1. The van der Waals surface area contributed by atoms with Crippen LogP contribution in [0.3, 0.4) is 0 Å². The van der Waals surface area contributed by atoms with E-state index < -0.39 is 23.7 Å². The Morgan fingerprint density at radius 3 is 2.57 bits per heavy atom. The van der Waals surface area contributed by atoms with Gasteiger partial charge in [-0.3, -0.25) is 14.2 Å². The van der Waals surface area contributed by atoms with E-state index in [2.05, 4.69) is 5.32 Å². The van der Waals surface area contributed by atoms with Crippen LogP contribution in [0.15, 0.2) is 58.3 Å². The molecule has 1 heterocycles. The normalized spacial score (nSPS) is 11.8. The molecule has 1 unspecified atom stereocenters. The fourth-order valence-corrected chi connectivity index (χ4v) is 3.09. The van der Waals surface area contributed by atoms with Crippen molar-refractivity contribution in [1.82, 2.24) is 14.5 Å². The van der Waals surface area contributed by atoms with Gasteiger partial charge in [-0.1, -0.05) is 36.4 Å². The SMILES string of the molecule is CCn1cc(C#N)c(=O)n(CC(=O)NC(C)c2ccc3ccccc3c2)c1=O. The van der Waals surface area contributed by atoms with Crippen molar-refractivity contribution in [1.29, 1.82) is 5.26 Å². The molecular weight excluding hydrogens is 356 g/mol. The summed E-state index contributed by atoms with van der Waals surface area (Å²) in [5.74, 6) is -0.474. The standard InChI is InChI=1S/C21H20N4O3/c1-3-24-12-18(11-22)20(27)25(21(24)28)13-19(26)23-14(2)16-9-8-15-6-4-5-7-17(15)10-16/h4-10,12,14H,3,13H2,1-2H3,(H,23,26). The lowest BCUT2D eigenvalue weighted by Gasteiger charge is -2.16. The zero-order valence-corrected chi connectivity index (χ0v) is 15.7. The maximum atomic E-state index is 12.5. The Hall–Kier alpha value is -3.66. The van der Waals surface area contributed by atoms with Gasteiger partial charge in [0, 0.05) is 12.7 Å². The molecule has 0 radical (unpaired) electrons. The van der Waals surface area contributed by atoms with Crippen molar-refractivity contribution in [2.75, 3.05) is 0 Å². The highest BCUT2D eigenvalue weighted by Gasteiger charge is 2.16. The Labute approximate surface area is 161 Å². The van der Waals surface area contributed by atoms with E-state index in [-0.39, 0.29) is 11.6 Å². The van der Waals surface area contributed by atoms with Crippen LogP contribution in [0.25, 0.3) is 10.8 Å². The number of nitrogens with one attached hydrogen (secondary N) is 1. The summed E-state index contributed by atoms with van der Waals surface area (Å²) in [5, 5.41) is 14.1. The second kappa shape index (κ2) is 7.92. The lowest BCUT2D eigenvalue weighted by molar-refractivity contribution is -0.122. The molecule has 0 aliphatic carbocycles. The third-order valence-corrected chi connectivity index (χ3v) is 4.65. The number of benzene rings is 2. The van der Waals surface area contributed by atoms with Gasteiger partial charge in [0.05, 0.1) is 6.04 Å². The predicted octanol–water partition coefficient (Wildman–Crippen LogP) is 1.93. The van der Waals surface area contributed by atoms with Gasteiger partial charge < -0.3 is 5.32 Å². The maximum Gasteiger partial charge on any atom is 0.331 e. The zero-order chi connectivity index (χ0) is 20.3. The summed E-state index contributed by atoms with van der Waals surface area (Å²) in [6, 6.07) is 15.3. The number of carbonyl (C=O) groups is 1. The van der Waals surface area contributed by atoms with Crippen molar-refractivity contribution in [3.05, 3.63) is 80.6 Å². The first-order valence-electron chi connectivity index (χ1n) is 8.97. The Balaban J connectivity index is 1.83. The monoisotopic (exact) mass is 376 g/mol. The van der Waals surface area contributed by atoms with E-state index in [9.17, 15) is 14.4 Å². The fourth-order valence-electron chi connectivity index (χ4n) is 3.09. The molecule has 7 nitrogen and oxygen atoms in total. The van der Waals surface area contributed by atoms with Crippen LogP contribution in [-0.2, 0) is 17.9 Å². The number of nitriles is 1. The van der Waals surface area contributed by atoms with Crippen molar-refractivity contribution in [2.45, 2.75) is 33.0 Å². The summed E-state index contributed by atoms with van der Waals surface area (Å²) >= 11 is 0. The molecule has 2 aromatic carbocycles. The first-order chi connectivity index (χ1) is 13.4. The molecule has 0 saturated carbocycles. The number of aromatic nitrogens is 2. The number of amides is 1. The first-order valence-corrected chi connectivity index (χ1v) is 8.97. The largest absolute Gasteiger partial charge is 0.348 e. The molecule has 3 rings (SSSR count). The number of carbonyl (C=O) groups excluding carboxylic acids is 1. The summed E-state index contributed by atoms with van der Waals surface area (Å²) in [4.78, 5) is 37.1. The van der Waals surface area contributed by atoms with E-state index in [1.165, 1.54) is 10.8 Å². The maximum absolute atomic E-state index is 12.5. The number of hydrogen-bond acceptors (Lipinski definition) is 4. The molecule has 3 aromatic rings. The van der Waals surface area contributed by atoms with Gasteiger partial charge in [0.15, 0.2) is 0 Å². The van der Waals surface area contributed by atoms with Crippen LogP contribution in [0.4, 0.5) is 0 Å². The third-order valence-electron chi connectivity index (χ3n) is 4.65. The van der Waals surface area contributed by atoms with Gasteiger partial charge in [-0.05, 0) is 36.2 Å². The molecule has 0 spiro atoms. The first kappa shape index (κ1) is 19.1. The number of fused-ring (bicyclic) bond motifs is 1. The molecule has 1 atom stereocenters. The molecule has 0 aliphatic heterocycles. The van der Waals surface area contributed by atoms with E-state index in [1.54, 1.807) is 13.0 Å². The topological polar surface area (TPSA) is 96.9 Å². The van der Waals surface area contributed by atoms with E-state index >= 15 is 0 Å². The van der Waals surface area contributed by atoms with Crippen LogP contribution in [0.1, 0.15) is 31.0 Å². The molecular formula is C21H20N4O3. The van der Waals surface area contributed by atoms with Gasteiger partial charge in [0.2, 0.25) is 5.91 Å². The summed E-state index contributed by atoms with van der Waals surface area (Å²) in [6.07, 6.45) is 1.22. The van der Waals surface area contributed by atoms with Crippen molar-refractivity contribution in [3.8, 4) is 6.07 Å². The van der Waals surface area contributed by atoms with Crippen molar-refractivity contribution < 1.29 is 4.79 Å². The number of nitrogens with zero attached hydrogens (tertiary/aromatic N) is 3. The minimum Gasteiger partial charge on any atom is -0.348 e. The minimum atomic E-state index is -0.759. The molecule has 7 heteroatoms. The molecule has 1 N–H and O–H groups in total. The molecule has 142 valence electrons. The molecule has 0 bridgehead atoms. The van der Waals surface area contributed by atoms with Crippen LogP contribution in [0.2, 0.25) is 0 Å². The van der Waals surface area contributed by atoms with Crippen LogP contribution in [0, 0.1) is 11.3 Å². The Bertz CT molecular complexity index is 1200.